The Bertz CT molecular complexity index is 875. The molecule has 1 aromatic carbocycles. The quantitative estimate of drug-likeness (QED) is 0.919. The molecule has 1 amide bonds. The van der Waals surface area contributed by atoms with Crippen LogP contribution in [0.2, 0.25) is 0 Å². The van der Waals surface area contributed by atoms with Crippen LogP contribution in [0.25, 0.3) is 11.1 Å². The number of likely N-dealkylation sites (N-methyl/N-ethyl adjacent to an activating group) is 1. The van der Waals surface area contributed by atoms with Crippen LogP contribution < -0.4 is 5.43 Å². The number of carbonyl (C=O) groups is 2. The zero-order chi connectivity index (χ0) is 18.0. The highest BCUT2D eigenvalue weighted by atomic mass is 19.1. The van der Waals surface area contributed by atoms with E-state index in [-0.39, 0.29) is 23.6 Å². The molecule has 126 valence electrons. The van der Waals surface area contributed by atoms with Gasteiger partial charge < -0.3 is 14.6 Å². The van der Waals surface area contributed by atoms with Crippen molar-refractivity contribution in [1.82, 2.24) is 9.47 Å². The van der Waals surface area contributed by atoms with Crippen LogP contribution in [-0.4, -0.2) is 40.5 Å². The SMILES string of the molecule is CN(C)C(=O)Cn1cc(C(=O)O)c(=O)c(-c2ccc(F)cc2F)c1. The summed E-state index contributed by atoms with van der Waals surface area (Å²) in [6.45, 7) is -0.233. The van der Waals surface area contributed by atoms with E-state index in [1.165, 1.54) is 29.8 Å². The average Bonchev–Trinajstić information content (AvgIpc) is 2.48. The van der Waals surface area contributed by atoms with Crippen molar-refractivity contribution < 1.29 is 23.5 Å². The molecule has 24 heavy (non-hydrogen) atoms. The maximum Gasteiger partial charge on any atom is 0.341 e. The van der Waals surface area contributed by atoms with Crippen LogP contribution in [0.15, 0.2) is 35.4 Å². The number of rotatable bonds is 4. The number of benzene rings is 1. The van der Waals surface area contributed by atoms with Crippen LogP contribution in [0.1, 0.15) is 10.4 Å². The molecule has 2 rings (SSSR count). The number of hydrogen-bond donors (Lipinski definition) is 1. The van der Waals surface area contributed by atoms with Gasteiger partial charge in [0.1, 0.15) is 23.7 Å². The Balaban J connectivity index is 2.66. The number of hydrogen-bond acceptors (Lipinski definition) is 3. The fraction of sp³-hybridized carbons (Fsp3) is 0.188. The van der Waals surface area contributed by atoms with Gasteiger partial charge in [0.2, 0.25) is 11.3 Å². The number of carboxylic acid groups (broad SMARTS) is 1. The molecular formula is C16H14F2N2O4. The van der Waals surface area contributed by atoms with Gasteiger partial charge in [-0.25, -0.2) is 13.6 Å². The Hall–Kier alpha value is -3.03. The van der Waals surface area contributed by atoms with E-state index >= 15 is 0 Å². The zero-order valence-corrected chi connectivity index (χ0v) is 12.9. The second-order valence-corrected chi connectivity index (χ2v) is 5.30. The number of amides is 1. The van der Waals surface area contributed by atoms with E-state index in [9.17, 15) is 23.2 Å². The summed E-state index contributed by atoms with van der Waals surface area (Å²) < 4.78 is 28.2. The molecule has 0 spiro atoms. The number of aromatic carboxylic acids is 1. The van der Waals surface area contributed by atoms with E-state index in [0.717, 1.165) is 18.3 Å². The Morgan fingerprint density at radius 2 is 1.83 bits per heavy atom. The third-order valence-corrected chi connectivity index (χ3v) is 3.35. The number of pyridine rings is 1. The average molecular weight is 336 g/mol. The predicted octanol–water partition coefficient (Wildman–Crippen LogP) is 1.58. The minimum absolute atomic E-state index is 0.233. The number of halogens is 2. The van der Waals surface area contributed by atoms with E-state index in [2.05, 4.69) is 0 Å². The van der Waals surface area contributed by atoms with Crippen LogP contribution in [0.3, 0.4) is 0 Å². The lowest BCUT2D eigenvalue weighted by Crippen LogP contribution is -2.28. The molecule has 1 aromatic heterocycles. The number of nitrogens with zero attached hydrogens (tertiary/aromatic N) is 2. The lowest BCUT2D eigenvalue weighted by Gasteiger charge is -2.14. The van der Waals surface area contributed by atoms with Gasteiger partial charge in [0.15, 0.2) is 0 Å². The highest BCUT2D eigenvalue weighted by Gasteiger charge is 2.18. The van der Waals surface area contributed by atoms with Crippen LogP contribution in [0.5, 0.6) is 0 Å². The largest absolute Gasteiger partial charge is 0.477 e. The molecule has 0 aliphatic carbocycles. The first-order chi connectivity index (χ1) is 11.2. The molecule has 0 bridgehead atoms. The Kier molecular flexibility index (Phi) is 4.77. The predicted molar refractivity (Wildman–Crippen MR) is 81.7 cm³/mol. The van der Waals surface area contributed by atoms with Gasteiger partial charge in [-0.3, -0.25) is 9.59 Å². The van der Waals surface area contributed by atoms with Crippen molar-refractivity contribution in [2.75, 3.05) is 14.1 Å². The molecule has 0 saturated carbocycles. The van der Waals surface area contributed by atoms with E-state index in [1.807, 2.05) is 0 Å². The van der Waals surface area contributed by atoms with Crippen molar-refractivity contribution in [3.63, 3.8) is 0 Å². The van der Waals surface area contributed by atoms with Crippen molar-refractivity contribution >= 4 is 11.9 Å². The van der Waals surface area contributed by atoms with E-state index in [1.54, 1.807) is 0 Å². The Labute approximate surface area is 135 Å². The third kappa shape index (κ3) is 3.48. The summed E-state index contributed by atoms with van der Waals surface area (Å²) in [7, 11) is 3.03. The van der Waals surface area contributed by atoms with E-state index in [4.69, 9.17) is 5.11 Å². The van der Waals surface area contributed by atoms with Crippen LogP contribution in [0, 0.1) is 11.6 Å². The summed E-state index contributed by atoms with van der Waals surface area (Å²) in [5.41, 5.74) is -2.03. The van der Waals surface area contributed by atoms with Gasteiger partial charge in [0.05, 0.1) is 0 Å². The smallest absolute Gasteiger partial charge is 0.341 e. The molecule has 1 N–H and O–H groups in total. The molecule has 1 heterocycles. The summed E-state index contributed by atoms with van der Waals surface area (Å²) in [5, 5.41) is 9.16. The summed E-state index contributed by atoms with van der Waals surface area (Å²) >= 11 is 0. The van der Waals surface area contributed by atoms with Crippen LogP contribution in [0.4, 0.5) is 8.78 Å². The van der Waals surface area contributed by atoms with Gasteiger partial charge in [-0.15, -0.1) is 0 Å². The van der Waals surface area contributed by atoms with Gasteiger partial charge in [0, 0.05) is 43.7 Å². The topological polar surface area (TPSA) is 79.6 Å². The second-order valence-electron chi connectivity index (χ2n) is 5.30. The van der Waals surface area contributed by atoms with Crippen LogP contribution >= 0.6 is 0 Å². The summed E-state index contributed by atoms with van der Waals surface area (Å²) in [4.78, 5) is 36.6. The molecule has 0 unspecified atom stereocenters. The monoisotopic (exact) mass is 336 g/mol. The molecule has 0 saturated heterocycles. The molecule has 6 nitrogen and oxygen atoms in total. The van der Waals surface area contributed by atoms with Crippen molar-refractivity contribution in [2.45, 2.75) is 6.54 Å². The molecule has 0 aliphatic heterocycles. The molecule has 0 radical (unpaired) electrons. The lowest BCUT2D eigenvalue weighted by atomic mass is 10.0. The van der Waals surface area contributed by atoms with Gasteiger partial charge in [-0.1, -0.05) is 0 Å². The number of carboxylic acids is 1. The minimum Gasteiger partial charge on any atom is -0.477 e. The molecular weight excluding hydrogens is 322 g/mol. The molecule has 0 atom stereocenters. The molecule has 0 aliphatic rings. The summed E-state index contributed by atoms with van der Waals surface area (Å²) in [6, 6.07) is 2.60. The zero-order valence-electron chi connectivity index (χ0n) is 12.9. The van der Waals surface area contributed by atoms with E-state index in [0.29, 0.717) is 6.07 Å². The first-order valence-electron chi connectivity index (χ1n) is 6.83. The van der Waals surface area contributed by atoms with Crippen LogP contribution in [-0.2, 0) is 11.3 Å². The molecule has 2 aromatic rings. The first kappa shape index (κ1) is 17.3. The van der Waals surface area contributed by atoms with Crippen molar-refractivity contribution in [3.8, 4) is 11.1 Å². The fourth-order valence-corrected chi connectivity index (χ4v) is 2.07. The first-order valence-corrected chi connectivity index (χ1v) is 6.83. The van der Waals surface area contributed by atoms with Crippen molar-refractivity contribution in [1.29, 1.82) is 0 Å². The fourth-order valence-electron chi connectivity index (χ4n) is 2.07. The van der Waals surface area contributed by atoms with Gasteiger partial charge >= 0.3 is 5.97 Å². The Morgan fingerprint density at radius 1 is 1.17 bits per heavy atom. The molecule has 0 fully saturated rings. The van der Waals surface area contributed by atoms with Gasteiger partial charge in [-0.2, -0.15) is 0 Å². The van der Waals surface area contributed by atoms with Crippen molar-refractivity contribution in [2.24, 2.45) is 0 Å². The lowest BCUT2D eigenvalue weighted by molar-refractivity contribution is -0.129. The third-order valence-electron chi connectivity index (χ3n) is 3.35. The van der Waals surface area contributed by atoms with E-state index < -0.39 is 28.6 Å². The molecule has 8 heteroatoms. The summed E-state index contributed by atoms with van der Waals surface area (Å²) in [6.07, 6.45) is 2.18. The maximum atomic E-state index is 14.0. The second kappa shape index (κ2) is 6.61. The van der Waals surface area contributed by atoms with Gasteiger partial charge in [-0.05, 0) is 12.1 Å². The maximum absolute atomic E-state index is 14.0. The Morgan fingerprint density at radius 3 is 2.38 bits per heavy atom. The number of carbonyl (C=O) groups excluding carboxylic acids is 1. The normalized spacial score (nSPS) is 10.5. The summed E-state index contributed by atoms with van der Waals surface area (Å²) in [5.74, 6) is -3.68. The van der Waals surface area contributed by atoms with Gasteiger partial charge in [0.25, 0.3) is 0 Å². The standard InChI is InChI=1S/C16H14F2N2O4/c1-19(2)14(21)8-20-6-11(15(22)12(7-20)16(23)24)10-4-3-9(17)5-13(10)18/h3-7H,8H2,1-2H3,(H,23,24). The highest BCUT2D eigenvalue weighted by Crippen LogP contribution is 2.21. The number of aromatic nitrogens is 1. The van der Waals surface area contributed by atoms with Crippen molar-refractivity contribution in [3.05, 3.63) is 58.0 Å². The highest BCUT2D eigenvalue weighted by molar-refractivity contribution is 5.89. The minimum atomic E-state index is -1.50.